The summed E-state index contributed by atoms with van der Waals surface area (Å²) in [6.07, 6.45) is 4.04. The lowest BCUT2D eigenvalue weighted by molar-refractivity contribution is -0.145. The Morgan fingerprint density at radius 2 is 1.77 bits per heavy atom. The summed E-state index contributed by atoms with van der Waals surface area (Å²) in [5.41, 5.74) is 1.79. The van der Waals surface area contributed by atoms with Crippen molar-refractivity contribution in [3.05, 3.63) is 36.4 Å². The molecule has 35 heavy (non-hydrogen) atoms. The van der Waals surface area contributed by atoms with E-state index in [0.29, 0.717) is 38.6 Å². The van der Waals surface area contributed by atoms with Crippen LogP contribution in [0, 0.1) is 11.8 Å². The molecule has 2 aromatic rings. The van der Waals surface area contributed by atoms with Gasteiger partial charge in [-0.2, -0.15) is 0 Å². The van der Waals surface area contributed by atoms with Gasteiger partial charge in [0, 0.05) is 44.2 Å². The van der Waals surface area contributed by atoms with Crippen LogP contribution < -0.4 is 9.64 Å². The molecule has 1 aliphatic heterocycles. The molecular formula is C27H37N5O3. The number of hydrogen-bond acceptors (Lipinski definition) is 6. The molecule has 1 saturated heterocycles. The molecule has 2 amide bonds. The molecule has 2 heterocycles. The fourth-order valence-corrected chi connectivity index (χ4v) is 4.51. The number of nitrogens with zero attached hydrogens (tertiary/aromatic N) is 5. The van der Waals surface area contributed by atoms with Gasteiger partial charge in [0.25, 0.3) is 0 Å². The highest BCUT2D eigenvalue weighted by Gasteiger charge is 2.32. The van der Waals surface area contributed by atoms with Crippen molar-refractivity contribution in [2.24, 2.45) is 11.8 Å². The van der Waals surface area contributed by atoms with E-state index in [1.165, 1.54) is 0 Å². The topological polar surface area (TPSA) is 78.9 Å². The smallest absolute Gasteiger partial charge is 0.242 e. The Morgan fingerprint density at radius 1 is 1.06 bits per heavy atom. The molecule has 2 aliphatic rings. The molecule has 1 atom stereocenters. The zero-order valence-electron chi connectivity index (χ0n) is 21.2. The quantitative estimate of drug-likeness (QED) is 0.548. The summed E-state index contributed by atoms with van der Waals surface area (Å²) in [7, 11) is 1.65. The Kier molecular flexibility index (Phi) is 8.21. The van der Waals surface area contributed by atoms with Gasteiger partial charge in [0.1, 0.15) is 5.75 Å². The first kappa shape index (κ1) is 24.9. The van der Waals surface area contributed by atoms with E-state index in [9.17, 15) is 9.59 Å². The molecule has 2 fully saturated rings. The maximum absolute atomic E-state index is 13.1. The highest BCUT2D eigenvalue weighted by Crippen LogP contribution is 2.29. The Balaban J connectivity index is 1.31. The third-order valence-corrected chi connectivity index (χ3v) is 7.31. The van der Waals surface area contributed by atoms with Crippen molar-refractivity contribution in [1.29, 1.82) is 0 Å². The number of amides is 2. The van der Waals surface area contributed by atoms with Gasteiger partial charge in [-0.25, -0.2) is 0 Å². The lowest BCUT2D eigenvalue weighted by atomic mass is 9.84. The maximum atomic E-state index is 13.1. The number of benzene rings is 1. The van der Waals surface area contributed by atoms with Crippen LogP contribution in [0.25, 0.3) is 11.3 Å². The zero-order chi connectivity index (χ0) is 24.8. The van der Waals surface area contributed by atoms with Gasteiger partial charge < -0.3 is 19.4 Å². The number of methoxy groups -OCH3 is 1. The van der Waals surface area contributed by atoms with Gasteiger partial charge in [-0.1, -0.05) is 26.7 Å². The molecule has 1 saturated carbocycles. The van der Waals surface area contributed by atoms with Gasteiger partial charge in [-0.3, -0.25) is 9.59 Å². The number of piperazine rings is 1. The fraction of sp³-hybridized carbons (Fsp3) is 0.556. The predicted molar refractivity (Wildman–Crippen MR) is 136 cm³/mol. The minimum Gasteiger partial charge on any atom is -0.497 e. The molecule has 0 radical (unpaired) electrons. The van der Waals surface area contributed by atoms with E-state index in [1.807, 2.05) is 46.2 Å². The van der Waals surface area contributed by atoms with Crippen molar-refractivity contribution in [3.8, 4) is 17.0 Å². The molecule has 1 aromatic carbocycles. The SMILES string of the molecule is CC[C@H](C)CN(CC(=O)N1CCN(c2ccc(-c3ccc(OC)cc3)nn2)CC1)C(=O)C1CCC1. The number of anilines is 1. The average Bonchev–Trinajstić information content (AvgIpc) is 2.87. The van der Waals surface area contributed by atoms with E-state index in [4.69, 9.17) is 4.74 Å². The summed E-state index contributed by atoms with van der Waals surface area (Å²) in [5, 5.41) is 8.83. The van der Waals surface area contributed by atoms with Crippen LogP contribution in [-0.4, -0.2) is 78.2 Å². The van der Waals surface area contributed by atoms with Crippen LogP contribution in [0.1, 0.15) is 39.5 Å². The molecule has 1 aromatic heterocycles. The number of ether oxygens (including phenoxy) is 1. The maximum Gasteiger partial charge on any atom is 0.242 e. The minimum absolute atomic E-state index is 0.0431. The molecule has 0 N–H and O–H groups in total. The van der Waals surface area contributed by atoms with Crippen LogP contribution in [0.3, 0.4) is 0 Å². The molecule has 4 rings (SSSR count). The number of carbonyl (C=O) groups is 2. The summed E-state index contributed by atoms with van der Waals surface area (Å²) < 4.78 is 5.21. The minimum atomic E-state index is 0.0431. The predicted octanol–water partition coefficient (Wildman–Crippen LogP) is 3.48. The fourth-order valence-electron chi connectivity index (χ4n) is 4.51. The van der Waals surface area contributed by atoms with E-state index >= 15 is 0 Å². The molecule has 188 valence electrons. The van der Waals surface area contributed by atoms with Gasteiger partial charge in [0.2, 0.25) is 11.8 Å². The molecule has 0 spiro atoms. The molecular weight excluding hydrogens is 442 g/mol. The molecule has 8 heteroatoms. The standard InChI is InChI=1S/C27H37N5O3/c1-4-20(2)18-32(27(34)22-6-5-7-22)19-26(33)31-16-14-30(15-17-31)25-13-12-24(28-29-25)21-8-10-23(35-3)11-9-21/h8-13,20,22H,4-7,14-19H2,1-3H3/t20-/m0/s1. The second-order valence-corrected chi connectivity index (χ2v) is 9.73. The lowest BCUT2D eigenvalue weighted by Gasteiger charge is -2.37. The van der Waals surface area contributed by atoms with Gasteiger partial charge in [-0.15, -0.1) is 10.2 Å². The molecule has 8 nitrogen and oxygen atoms in total. The van der Waals surface area contributed by atoms with Crippen LogP contribution in [0.2, 0.25) is 0 Å². The first-order valence-electron chi connectivity index (χ1n) is 12.8. The van der Waals surface area contributed by atoms with Crippen LogP contribution in [0.5, 0.6) is 5.75 Å². The Morgan fingerprint density at radius 3 is 2.31 bits per heavy atom. The first-order chi connectivity index (χ1) is 17.0. The van der Waals surface area contributed by atoms with Crippen LogP contribution in [-0.2, 0) is 9.59 Å². The van der Waals surface area contributed by atoms with Crippen LogP contribution in [0.15, 0.2) is 36.4 Å². The third-order valence-electron chi connectivity index (χ3n) is 7.31. The summed E-state index contributed by atoms with van der Waals surface area (Å²) in [6, 6.07) is 11.7. The molecule has 0 bridgehead atoms. The highest BCUT2D eigenvalue weighted by atomic mass is 16.5. The second-order valence-electron chi connectivity index (χ2n) is 9.73. The number of hydrogen-bond donors (Lipinski definition) is 0. The Labute approximate surface area is 208 Å². The van der Waals surface area contributed by atoms with E-state index in [2.05, 4.69) is 28.9 Å². The monoisotopic (exact) mass is 479 g/mol. The Hall–Kier alpha value is -3.16. The van der Waals surface area contributed by atoms with E-state index < -0.39 is 0 Å². The highest BCUT2D eigenvalue weighted by molar-refractivity contribution is 5.86. The van der Waals surface area contributed by atoms with Gasteiger partial charge in [0.15, 0.2) is 5.82 Å². The first-order valence-corrected chi connectivity index (χ1v) is 12.8. The summed E-state index contributed by atoms with van der Waals surface area (Å²) >= 11 is 0. The largest absolute Gasteiger partial charge is 0.497 e. The molecule has 1 aliphatic carbocycles. The Bertz CT molecular complexity index is 983. The van der Waals surface area contributed by atoms with Crippen molar-refractivity contribution in [1.82, 2.24) is 20.0 Å². The van der Waals surface area contributed by atoms with Crippen molar-refractivity contribution < 1.29 is 14.3 Å². The third kappa shape index (κ3) is 6.10. The number of rotatable bonds is 9. The van der Waals surface area contributed by atoms with Crippen LogP contribution >= 0.6 is 0 Å². The number of aromatic nitrogens is 2. The lowest BCUT2D eigenvalue weighted by Crippen LogP contribution is -2.53. The summed E-state index contributed by atoms with van der Waals surface area (Å²) in [6.45, 7) is 7.76. The summed E-state index contributed by atoms with van der Waals surface area (Å²) in [5.74, 6) is 2.33. The second kappa shape index (κ2) is 11.5. The van der Waals surface area contributed by atoms with Gasteiger partial charge in [-0.05, 0) is 55.2 Å². The van der Waals surface area contributed by atoms with Crippen molar-refractivity contribution in [2.45, 2.75) is 39.5 Å². The zero-order valence-corrected chi connectivity index (χ0v) is 21.2. The van der Waals surface area contributed by atoms with E-state index in [1.54, 1.807) is 7.11 Å². The normalized spacial score (nSPS) is 17.0. The van der Waals surface area contributed by atoms with E-state index in [0.717, 1.165) is 48.5 Å². The summed E-state index contributed by atoms with van der Waals surface area (Å²) in [4.78, 5) is 31.9. The molecule has 0 unspecified atom stereocenters. The van der Waals surface area contributed by atoms with Crippen molar-refractivity contribution >= 4 is 17.6 Å². The van der Waals surface area contributed by atoms with Gasteiger partial charge >= 0.3 is 0 Å². The van der Waals surface area contributed by atoms with Crippen molar-refractivity contribution in [2.75, 3.05) is 51.3 Å². The van der Waals surface area contributed by atoms with Crippen molar-refractivity contribution in [3.63, 3.8) is 0 Å². The number of carbonyl (C=O) groups excluding carboxylic acids is 2. The van der Waals surface area contributed by atoms with E-state index in [-0.39, 0.29) is 24.3 Å². The average molecular weight is 480 g/mol. The van der Waals surface area contributed by atoms with Crippen LogP contribution in [0.4, 0.5) is 5.82 Å². The van der Waals surface area contributed by atoms with Gasteiger partial charge in [0.05, 0.1) is 19.3 Å².